The number of oxazole rings is 1. The van der Waals surface area contributed by atoms with E-state index in [1.165, 1.54) is 0 Å². The number of carbonyl (C=O) groups is 3. The number of imidazole rings is 1. The molecule has 4 heterocycles. The van der Waals surface area contributed by atoms with Gasteiger partial charge in [0.2, 0.25) is 23.6 Å². The fourth-order valence-electron chi connectivity index (χ4n) is 7.13. The van der Waals surface area contributed by atoms with Crippen LogP contribution in [-0.4, -0.2) is 74.7 Å². The van der Waals surface area contributed by atoms with Gasteiger partial charge in [0.15, 0.2) is 11.8 Å². The van der Waals surface area contributed by atoms with E-state index in [1.807, 2.05) is 92.5 Å². The first-order chi connectivity index (χ1) is 25.3. The van der Waals surface area contributed by atoms with Crippen LogP contribution in [0.3, 0.4) is 0 Å². The number of hydrogen-bond acceptors (Lipinski definition) is 7. The summed E-state index contributed by atoms with van der Waals surface area (Å²) in [7, 11) is 1.88. The van der Waals surface area contributed by atoms with E-state index in [9.17, 15) is 14.4 Å². The molecular formula is C41H43N7O4. The molecule has 2 aromatic heterocycles. The first kappa shape index (κ1) is 34.7. The molecule has 0 aliphatic carbocycles. The lowest BCUT2D eigenvalue weighted by Gasteiger charge is -2.36. The molecule has 11 heteroatoms. The minimum Gasteiger partial charge on any atom is -0.436 e. The average Bonchev–Trinajstić information content (AvgIpc) is 3.84. The standard InChI is InChI=1S/C41H43N7O4/c1-4-37(49)47-20-9-8-14-35(47)40(51)46-32-23-29(17-16-26(32)2)41-43-25-36(52-41)28-18-19-31-33(22-28)45-39(44-31)34-15-10-13-30(24-42-3)48(34)38(50)21-27-11-6-5-7-12-27/h5-7,11-12,16-19,22-23,25,30,34-35,42H,4,8-9,13-14,20-21,24H2,1-3H3,(H,44,45)(H,46,51)/t30?,34-,35-/m0/s1. The highest BCUT2D eigenvalue weighted by Gasteiger charge is 2.35. The normalized spacial score (nSPS) is 18.6. The highest BCUT2D eigenvalue weighted by atomic mass is 16.4. The number of rotatable bonds is 10. The Morgan fingerprint density at radius 1 is 1.02 bits per heavy atom. The molecular weight excluding hydrogens is 654 g/mol. The number of aromatic amines is 1. The van der Waals surface area contributed by atoms with Crippen molar-refractivity contribution >= 4 is 34.4 Å². The largest absolute Gasteiger partial charge is 0.436 e. The van der Waals surface area contributed by atoms with Gasteiger partial charge >= 0.3 is 0 Å². The van der Waals surface area contributed by atoms with E-state index in [0.29, 0.717) is 55.5 Å². The minimum atomic E-state index is -0.513. The molecule has 0 saturated carbocycles. The Morgan fingerprint density at radius 3 is 2.65 bits per heavy atom. The van der Waals surface area contributed by atoms with Crippen molar-refractivity contribution in [1.29, 1.82) is 0 Å². The molecule has 7 rings (SSSR count). The molecule has 1 fully saturated rings. The summed E-state index contributed by atoms with van der Waals surface area (Å²) in [6, 6.07) is 20.2. The lowest BCUT2D eigenvalue weighted by Crippen LogP contribution is -2.49. The van der Waals surface area contributed by atoms with E-state index in [4.69, 9.17) is 9.40 Å². The Bertz CT molecular complexity index is 2160. The van der Waals surface area contributed by atoms with Gasteiger partial charge in [0.25, 0.3) is 0 Å². The molecule has 0 bridgehead atoms. The van der Waals surface area contributed by atoms with Gasteiger partial charge in [-0.2, -0.15) is 0 Å². The van der Waals surface area contributed by atoms with Crippen LogP contribution in [0.5, 0.6) is 0 Å². The molecule has 1 unspecified atom stereocenters. The highest BCUT2D eigenvalue weighted by Crippen LogP contribution is 2.32. The monoisotopic (exact) mass is 697 g/mol. The third-order valence-corrected chi connectivity index (χ3v) is 9.89. The van der Waals surface area contributed by atoms with E-state index < -0.39 is 12.1 Å². The number of amides is 3. The van der Waals surface area contributed by atoms with Crippen LogP contribution >= 0.6 is 0 Å². The summed E-state index contributed by atoms with van der Waals surface area (Å²) < 4.78 is 6.26. The number of anilines is 1. The Balaban J connectivity index is 1.11. The quantitative estimate of drug-likeness (QED) is 0.152. The Kier molecular flexibility index (Phi) is 10.2. The van der Waals surface area contributed by atoms with Crippen molar-refractivity contribution in [3.05, 3.63) is 89.9 Å². The topological polar surface area (TPSA) is 136 Å². The smallest absolute Gasteiger partial charge is 0.247 e. The molecule has 52 heavy (non-hydrogen) atoms. The third-order valence-electron chi connectivity index (χ3n) is 9.89. The first-order valence-electron chi connectivity index (χ1n) is 18.0. The lowest BCUT2D eigenvalue weighted by atomic mass is 10.0. The molecule has 3 atom stereocenters. The molecule has 11 nitrogen and oxygen atoms in total. The van der Waals surface area contributed by atoms with Crippen LogP contribution in [0.15, 0.2) is 77.3 Å². The van der Waals surface area contributed by atoms with E-state index >= 15 is 0 Å². The van der Waals surface area contributed by atoms with Crippen LogP contribution < -0.4 is 10.6 Å². The predicted molar refractivity (Wildman–Crippen MR) is 200 cm³/mol. The summed E-state index contributed by atoms with van der Waals surface area (Å²) in [5.74, 6) is 7.96. The number of aryl methyl sites for hydroxylation is 1. The Morgan fingerprint density at radius 2 is 1.85 bits per heavy atom. The molecule has 3 amide bonds. The van der Waals surface area contributed by atoms with E-state index in [0.717, 1.165) is 46.1 Å². The number of hydrogen-bond donors (Lipinski definition) is 3. The molecule has 266 valence electrons. The van der Waals surface area contributed by atoms with Crippen LogP contribution in [0.2, 0.25) is 0 Å². The van der Waals surface area contributed by atoms with Crippen LogP contribution in [0.25, 0.3) is 33.8 Å². The molecule has 2 aliphatic heterocycles. The van der Waals surface area contributed by atoms with Gasteiger partial charge in [-0.3, -0.25) is 14.4 Å². The molecule has 3 N–H and O–H groups in total. The number of fused-ring (bicyclic) bond motifs is 1. The second-order valence-electron chi connectivity index (χ2n) is 13.5. The van der Waals surface area contributed by atoms with E-state index in [-0.39, 0.29) is 30.2 Å². The van der Waals surface area contributed by atoms with Crippen molar-refractivity contribution in [2.24, 2.45) is 0 Å². The molecule has 1 saturated heterocycles. The highest BCUT2D eigenvalue weighted by molar-refractivity contribution is 5.98. The van der Waals surface area contributed by atoms with Crippen LogP contribution in [0, 0.1) is 18.8 Å². The van der Waals surface area contributed by atoms with Crippen molar-refractivity contribution in [2.45, 2.75) is 70.5 Å². The zero-order chi connectivity index (χ0) is 36.2. The summed E-state index contributed by atoms with van der Waals surface area (Å²) >= 11 is 0. The number of likely N-dealkylation sites (tertiary alicyclic amines) is 1. The van der Waals surface area contributed by atoms with Gasteiger partial charge in [0.05, 0.1) is 29.7 Å². The molecule has 5 aromatic rings. The fourth-order valence-corrected chi connectivity index (χ4v) is 7.13. The van der Waals surface area contributed by atoms with Crippen LogP contribution in [0.4, 0.5) is 5.69 Å². The van der Waals surface area contributed by atoms with E-state index in [2.05, 4.69) is 32.4 Å². The van der Waals surface area contributed by atoms with Crippen molar-refractivity contribution in [2.75, 3.05) is 25.5 Å². The molecule has 3 aromatic carbocycles. The van der Waals surface area contributed by atoms with E-state index in [1.54, 1.807) is 11.1 Å². The maximum atomic E-state index is 13.8. The third kappa shape index (κ3) is 7.20. The van der Waals surface area contributed by atoms with Gasteiger partial charge in [0, 0.05) is 42.7 Å². The van der Waals surface area contributed by atoms with Gasteiger partial charge in [-0.25, -0.2) is 9.97 Å². The van der Waals surface area contributed by atoms with Gasteiger partial charge < -0.3 is 29.8 Å². The summed E-state index contributed by atoms with van der Waals surface area (Å²) in [6.45, 7) is 4.99. The zero-order valence-electron chi connectivity index (χ0n) is 29.7. The summed E-state index contributed by atoms with van der Waals surface area (Å²) in [5, 5.41) is 6.29. The SMILES string of the molecule is CCC(=O)N1CCCC[C@H]1C(=O)Nc1cc(-c2ncc(-c3ccc4nc([C@@H]5C#CCC(CNC)N5C(=O)Cc5ccccc5)[nH]c4c3)o2)ccc1C. The number of nitrogens with zero attached hydrogens (tertiary/aromatic N) is 4. The van der Waals surface area contributed by atoms with Gasteiger partial charge in [0.1, 0.15) is 11.9 Å². The zero-order valence-corrected chi connectivity index (χ0v) is 29.7. The number of piperidine rings is 1. The van der Waals surface area contributed by atoms with Crippen LogP contribution in [-0.2, 0) is 20.8 Å². The number of carbonyl (C=O) groups excluding carboxylic acids is 3. The lowest BCUT2D eigenvalue weighted by molar-refractivity contribution is -0.140. The second kappa shape index (κ2) is 15.3. The van der Waals surface area contributed by atoms with Crippen LogP contribution in [0.1, 0.15) is 62.0 Å². The molecule has 0 radical (unpaired) electrons. The van der Waals surface area contributed by atoms with Crippen molar-refractivity contribution < 1.29 is 18.8 Å². The van der Waals surface area contributed by atoms with Crippen molar-refractivity contribution in [3.63, 3.8) is 0 Å². The van der Waals surface area contributed by atoms with Gasteiger partial charge in [-0.05, 0) is 74.7 Å². The maximum Gasteiger partial charge on any atom is 0.247 e. The van der Waals surface area contributed by atoms with Gasteiger partial charge in [-0.1, -0.05) is 55.2 Å². The summed E-state index contributed by atoms with van der Waals surface area (Å²) in [5.41, 5.74) is 5.57. The number of aromatic nitrogens is 3. The fraction of sp³-hybridized carbons (Fsp3) is 0.341. The average molecular weight is 698 g/mol. The first-order valence-corrected chi connectivity index (χ1v) is 18.0. The number of likely N-dealkylation sites (N-methyl/N-ethyl adjacent to an activating group) is 1. The van der Waals surface area contributed by atoms with Crippen molar-refractivity contribution in [1.82, 2.24) is 30.1 Å². The predicted octanol–water partition coefficient (Wildman–Crippen LogP) is 6.03. The minimum absolute atomic E-state index is 0.00101. The summed E-state index contributed by atoms with van der Waals surface area (Å²) in [6.07, 6.45) is 5.40. The maximum absolute atomic E-state index is 13.8. The number of nitrogens with one attached hydrogen (secondary N) is 3. The number of benzene rings is 3. The second-order valence-corrected chi connectivity index (χ2v) is 13.5. The Hall–Kier alpha value is -5.73. The Labute approximate surface area is 303 Å². The van der Waals surface area contributed by atoms with Crippen molar-refractivity contribution in [3.8, 4) is 34.6 Å². The molecule has 2 aliphatic rings. The number of H-pyrrole nitrogens is 1. The summed E-state index contributed by atoms with van der Waals surface area (Å²) in [4.78, 5) is 56.1. The van der Waals surface area contributed by atoms with Gasteiger partial charge in [-0.15, -0.1) is 0 Å². The molecule has 0 spiro atoms.